The lowest BCUT2D eigenvalue weighted by atomic mass is 9.96. The van der Waals surface area contributed by atoms with Crippen molar-refractivity contribution in [1.29, 1.82) is 0 Å². The fourth-order valence-electron chi connectivity index (χ4n) is 3.06. The maximum absolute atomic E-state index is 12.0. The highest BCUT2D eigenvalue weighted by molar-refractivity contribution is 5.78. The van der Waals surface area contributed by atoms with Crippen LogP contribution in [0.4, 0.5) is 0 Å². The van der Waals surface area contributed by atoms with Crippen molar-refractivity contribution in [3.63, 3.8) is 0 Å². The van der Waals surface area contributed by atoms with Crippen molar-refractivity contribution in [2.24, 2.45) is 5.92 Å². The summed E-state index contributed by atoms with van der Waals surface area (Å²) >= 11 is 0. The molecule has 1 aromatic carbocycles. The van der Waals surface area contributed by atoms with E-state index in [-0.39, 0.29) is 11.8 Å². The summed E-state index contributed by atoms with van der Waals surface area (Å²) in [6.45, 7) is 5.47. The van der Waals surface area contributed by atoms with E-state index in [1.165, 1.54) is 12.8 Å². The molecule has 5 nitrogen and oxygen atoms in total. The Morgan fingerprint density at radius 2 is 2.08 bits per heavy atom. The first-order chi connectivity index (χ1) is 11.6. The lowest BCUT2D eigenvalue weighted by Gasteiger charge is -2.23. The van der Waals surface area contributed by atoms with Crippen molar-refractivity contribution < 1.29 is 9.59 Å². The molecular formula is C19H29N3O2. The normalized spacial score (nSPS) is 17.3. The van der Waals surface area contributed by atoms with E-state index in [4.69, 9.17) is 0 Å². The molecule has 2 rings (SSSR count). The highest BCUT2D eigenvalue weighted by Gasteiger charge is 2.14. The van der Waals surface area contributed by atoms with E-state index >= 15 is 0 Å². The van der Waals surface area contributed by atoms with Crippen LogP contribution in [0.3, 0.4) is 0 Å². The van der Waals surface area contributed by atoms with Crippen molar-refractivity contribution in [2.75, 3.05) is 26.2 Å². The average molecular weight is 331 g/mol. The standard InChI is InChI=1S/C19H29N3O2/c1-16(23)22(15-18-6-3-2-4-7-18)13-10-19(24)21-12-9-17-8-5-11-20-14-17/h2-4,6-7,17,20H,5,8-15H2,1H3,(H,21,24). The van der Waals surface area contributed by atoms with Crippen molar-refractivity contribution in [3.8, 4) is 0 Å². The molecule has 2 amide bonds. The van der Waals surface area contributed by atoms with E-state index < -0.39 is 0 Å². The van der Waals surface area contributed by atoms with E-state index in [0.717, 1.165) is 31.6 Å². The molecule has 1 aliphatic heterocycles. The summed E-state index contributed by atoms with van der Waals surface area (Å²) in [6.07, 6.45) is 3.86. The van der Waals surface area contributed by atoms with Crippen molar-refractivity contribution >= 4 is 11.8 Å². The maximum Gasteiger partial charge on any atom is 0.221 e. The second kappa shape index (κ2) is 10.1. The summed E-state index contributed by atoms with van der Waals surface area (Å²) in [5.74, 6) is 0.698. The van der Waals surface area contributed by atoms with E-state index in [9.17, 15) is 9.59 Å². The minimum atomic E-state index is -0.0000620. The van der Waals surface area contributed by atoms with Gasteiger partial charge < -0.3 is 15.5 Å². The Labute approximate surface area is 144 Å². The summed E-state index contributed by atoms with van der Waals surface area (Å²) in [6, 6.07) is 9.86. The molecule has 1 saturated heterocycles. The first-order valence-electron chi connectivity index (χ1n) is 8.92. The number of benzene rings is 1. The maximum atomic E-state index is 12.0. The highest BCUT2D eigenvalue weighted by Crippen LogP contribution is 2.12. The third-order valence-corrected chi connectivity index (χ3v) is 4.54. The number of carbonyl (C=O) groups is 2. The number of piperidine rings is 1. The van der Waals surface area contributed by atoms with Crippen LogP contribution in [0, 0.1) is 5.92 Å². The van der Waals surface area contributed by atoms with Crippen LogP contribution in [0.5, 0.6) is 0 Å². The third-order valence-electron chi connectivity index (χ3n) is 4.54. The molecule has 0 saturated carbocycles. The quantitative estimate of drug-likeness (QED) is 0.765. The van der Waals surface area contributed by atoms with Crippen LogP contribution in [0.15, 0.2) is 30.3 Å². The lowest BCUT2D eigenvalue weighted by molar-refractivity contribution is -0.130. The Morgan fingerprint density at radius 1 is 1.29 bits per heavy atom. The molecule has 0 aromatic heterocycles. The zero-order valence-corrected chi connectivity index (χ0v) is 14.6. The van der Waals surface area contributed by atoms with E-state index in [1.807, 2.05) is 30.3 Å². The van der Waals surface area contributed by atoms with Crippen LogP contribution in [-0.4, -0.2) is 42.9 Å². The van der Waals surface area contributed by atoms with Gasteiger partial charge in [0.25, 0.3) is 0 Å². The topological polar surface area (TPSA) is 61.4 Å². The molecule has 1 unspecified atom stereocenters. The average Bonchev–Trinajstić information content (AvgIpc) is 2.60. The fraction of sp³-hybridized carbons (Fsp3) is 0.579. The number of hydrogen-bond donors (Lipinski definition) is 2. The molecule has 0 aliphatic carbocycles. The minimum Gasteiger partial charge on any atom is -0.356 e. The lowest BCUT2D eigenvalue weighted by Crippen LogP contribution is -2.35. The van der Waals surface area contributed by atoms with Gasteiger partial charge >= 0.3 is 0 Å². The van der Waals surface area contributed by atoms with Gasteiger partial charge in [-0.25, -0.2) is 0 Å². The molecule has 132 valence electrons. The van der Waals surface area contributed by atoms with Crippen molar-refractivity contribution in [2.45, 2.75) is 39.2 Å². The Hall–Kier alpha value is -1.88. The molecule has 1 aromatic rings. The van der Waals surface area contributed by atoms with Crippen LogP contribution in [0.2, 0.25) is 0 Å². The summed E-state index contributed by atoms with van der Waals surface area (Å²) in [7, 11) is 0. The molecule has 0 spiro atoms. The summed E-state index contributed by atoms with van der Waals surface area (Å²) in [5.41, 5.74) is 1.08. The summed E-state index contributed by atoms with van der Waals surface area (Å²) < 4.78 is 0. The fourth-order valence-corrected chi connectivity index (χ4v) is 3.06. The first kappa shape index (κ1) is 18.5. The SMILES string of the molecule is CC(=O)N(CCC(=O)NCCC1CCCNC1)Cc1ccccc1. The van der Waals surface area contributed by atoms with E-state index in [2.05, 4.69) is 10.6 Å². The molecule has 2 N–H and O–H groups in total. The van der Waals surface area contributed by atoms with Gasteiger partial charge in [0, 0.05) is 33.0 Å². The molecule has 24 heavy (non-hydrogen) atoms. The molecule has 1 aliphatic rings. The zero-order chi connectivity index (χ0) is 17.2. The van der Waals surface area contributed by atoms with E-state index in [0.29, 0.717) is 25.4 Å². The Morgan fingerprint density at radius 3 is 2.75 bits per heavy atom. The first-order valence-corrected chi connectivity index (χ1v) is 8.92. The second-order valence-corrected chi connectivity index (χ2v) is 6.53. The number of hydrogen-bond acceptors (Lipinski definition) is 3. The molecule has 1 heterocycles. The van der Waals surface area contributed by atoms with Gasteiger partial charge in [-0.1, -0.05) is 30.3 Å². The molecule has 1 atom stereocenters. The third kappa shape index (κ3) is 6.71. The largest absolute Gasteiger partial charge is 0.356 e. The van der Waals surface area contributed by atoms with Crippen LogP contribution < -0.4 is 10.6 Å². The van der Waals surface area contributed by atoms with Gasteiger partial charge in [0.05, 0.1) is 0 Å². The molecule has 0 bridgehead atoms. The number of nitrogens with one attached hydrogen (secondary N) is 2. The van der Waals surface area contributed by atoms with Gasteiger partial charge in [0.1, 0.15) is 0 Å². The number of nitrogens with zero attached hydrogens (tertiary/aromatic N) is 1. The molecule has 0 radical (unpaired) electrons. The minimum absolute atomic E-state index is 0.0000620. The van der Waals surface area contributed by atoms with Crippen molar-refractivity contribution in [1.82, 2.24) is 15.5 Å². The monoisotopic (exact) mass is 331 g/mol. The molecule has 5 heteroatoms. The van der Waals surface area contributed by atoms with Crippen LogP contribution in [0.1, 0.15) is 38.2 Å². The van der Waals surface area contributed by atoms with Gasteiger partial charge in [-0.05, 0) is 43.8 Å². The zero-order valence-electron chi connectivity index (χ0n) is 14.6. The molecular weight excluding hydrogens is 302 g/mol. The smallest absolute Gasteiger partial charge is 0.221 e. The Bertz CT molecular complexity index is 513. The van der Waals surface area contributed by atoms with Gasteiger partial charge in [-0.3, -0.25) is 9.59 Å². The predicted molar refractivity (Wildman–Crippen MR) is 95.4 cm³/mol. The van der Waals surface area contributed by atoms with Crippen LogP contribution >= 0.6 is 0 Å². The molecule has 1 fully saturated rings. The number of rotatable bonds is 8. The van der Waals surface area contributed by atoms with Crippen molar-refractivity contribution in [3.05, 3.63) is 35.9 Å². The van der Waals surface area contributed by atoms with E-state index in [1.54, 1.807) is 11.8 Å². The summed E-state index contributed by atoms with van der Waals surface area (Å²) in [5, 5.41) is 6.38. The number of carbonyl (C=O) groups excluding carboxylic acids is 2. The van der Waals surface area contributed by atoms with Gasteiger partial charge in [-0.15, -0.1) is 0 Å². The summed E-state index contributed by atoms with van der Waals surface area (Å²) in [4.78, 5) is 25.5. The van der Waals surface area contributed by atoms with Crippen LogP contribution in [0.25, 0.3) is 0 Å². The van der Waals surface area contributed by atoms with Gasteiger partial charge in [-0.2, -0.15) is 0 Å². The predicted octanol–water partition coefficient (Wildman–Crippen LogP) is 1.93. The highest BCUT2D eigenvalue weighted by atomic mass is 16.2. The Balaban J connectivity index is 1.67. The van der Waals surface area contributed by atoms with Gasteiger partial charge in [0.2, 0.25) is 11.8 Å². The van der Waals surface area contributed by atoms with Crippen LogP contribution in [-0.2, 0) is 16.1 Å². The van der Waals surface area contributed by atoms with Gasteiger partial charge in [0.15, 0.2) is 0 Å². The number of amides is 2. The second-order valence-electron chi connectivity index (χ2n) is 6.53. The Kier molecular flexibility index (Phi) is 7.75.